The maximum Gasteiger partial charge on any atom is 0.320 e. The Bertz CT molecular complexity index is 305. The number of aliphatic carboxylic acids is 3. The predicted molar refractivity (Wildman–Crippen MR) is 62.5 cm³/mol. The zero-order valence-electron chi connectivity index (χ0n) is 10.6. The van der Waals surface area contributed by atoms with Gasteiger partial charge in [-0.05, 0) is 6.92 Å². The summed E-state index contributed by atoms with van der Waals surface area (Å²) in [6, 6.07) is 0. The monoisotopic (exact) mass is 278 g/mol. The second-order valence-electron chi connectivity index (χ2n) is 3.67. The molecule has 0 amide bonds. The molecule has 0 aromatic rings. The number of rotatable bonds is 11. The average Bonchev–Trinajstić information content (AvgIpc) is 2.23. The van der Waals surface area contributed by atoms with Crippen LogP contribution in [0.15, 0.2) is 0 Å². The second-order valence-corrected chi connectivity index (χ2v) is 3.67. The Hall–Kier alpha value is -1.71. The molecule has 0 unspecified atom stereocenters. The molecule has 0 bridgehead atoms. The van der Waals surface area contributed by atoms with Crippen molar-refractivity contribution in [1.29, 1.82) is 0 Å². The summed E-state index contributed by atoms with van der Waals surface area (Å²) in [6.07, 6.45) is 0. The molecule has 0 saturated carbocycles. The summed E-state index contributed by atoms with van der Waals surface area (Å²) in [5, 5.41) is 27.1. The van der Waals surface area contributed by atoms with E-state index in [2.05, 4.69) is 0 Å². The van der Waals surface area contributed by atoms with Crippen LogP contribution >= 0.6 is 0 Å². The number of nitrogens with zero attached hydrogens (tertiary/aromatic N) is 2. The van der Waals surface area contributed by atoms with Gasteiger partial charge in [0.05, 0.1) is 19.7 Å². The molecule has 0 atom stereocenters. The molecule has 110 valence electrons. The Balaban J connectivity index is 4.34. The highest BCUT2D eigenvalue weighted by atomic mass is 16.7. The summed E-state index contributed by atoms with van der Waals surface area (Å²) in [5.41, 5.74) is 0. The molecule has 0 radical (unpaired) electrons. The van der Waals surface area contributed by atoms with Gasteiger partial charge in [0.1, 0.15) is 6.54 Å². The zero-order valence-corrected chi connectivity index (χ0v) is 10.6. The maximum absolute atomic E-state index is 10.6. The number of carboxylic acid groups (broad SMARTS) is 3. The fourth-order valence-electron chi connectivity index (χ4n) is 1.37. The fraction of sp³-hybridized carbons (Fsp3) is 0.700. The normalized spacial score (nSPS) is 10.9. The lowest BCUT2D eigenvalue weighted by atomic mass is 10.4. The topological polar surface area (TPSA) is 128 Å². The quantitative estimate of drug-likeness (QED) is 0.399. The Morgan fingerprint density at radius 3 is 1.74 bits per heavy atom. The summed E-state index contributed by atoms with van der Waals surface area (Å²) < 4.78 is 0. The SMILES string of the molecule is CCON(CCN(CC(=O)O)CC(=O)O)CC(=O)O. The van der Waals surface area contributed by atoms with E-state index in [0.29, 0.717) is 0 Å². The number of carboxylic acids is 3. The van der Waals surface area contributed by atoms with E-state index < -0.39 is 31.0 Å². The molecule has 0 heterocycles. The average molecular weight is 278 g/mol. The smallest absolute Gasteiger partial charge is 0.320 e. The molecule has 0 aliphatic carbocycles. The van der Waals surface area contributed by atoms with Gasteiger partial charge >= 0.3 is 17.9 Å². The van der Waals surface area contributed by atoms with Gasteiger partial charge in [-0.2, -0.15) is 5.06 Å². The molecule has 9 nitrogen and oxygen atoms in total. The highest BCUT2D eigenvalue weighted by Gasteiger charge is 2.16. The summed E-state index contributed by atoms with van der Waals surface area (Å²) in [6.45, 7) is 0.902. The van der Waals surface area contributed by atoms with E-state index in [-0.39, 0.29) is 26.2 Å². The van der Waals surface area contributed by atoms with Crippen molar-refractivity contribution in [2.45, 2.75) is 6.92 Å². The minimum Gasteiger partial charge on any atom is -0.480 e. The van der Waals surface area contributed by atoms with E-state index in [4.69, 9.17) is 20.2 Å². The van der Waals surface area contributed by atoms with Gasteiger partial charge in [0, 0.05) is 13.1 Å². The highest BCUT2D eigenvalue weighted by Crippen LogP contribution is 1.95. The van der Waals surface area contributed by atoms with Crippen molar-refractivity contribution in [2.24, 2.45) is 0 Å². The molecule has 0 aliphatic heterocycles. The molecule has 0 aromatic heterocycles. The third kappa shape index (κ3) is 9.94. The Labute approximate surface area is 109 Å². The van der Waals surface area contributed by atoms with Gasteiger partial charge in [0.25, 0.3) is 0 Å². The maximum atomic E-state index is 10.6. The van der Waals surface area contributed by atoms with Crippen molar-refractivity contribution < 1.29 is 34.5 Å². The van der Waals surface area contributed by atoms with Crippen LogP contribution in [0.2, 0.25) is 0 Å². The van der Waals surface area contributed by atoms with E-state index in [9.17, 15) is 14.4 Å². The van der Waals surface area contributed by atoms with Crippen LogP contribution in [0.3, 0.4) is 0 Å². The Kier molecular flexibility index (Phi) is 8.42. The van der Waals surface area contributed by atoms with Crippen LogP contribution < -0.4 is 0 Å². The standard InChI is InChI=1S/C10H18N2O7/c1-2-19-12(7-10(17)18)4-3-11(5-8(13)14)6-9(15)16/h2-7H2,1H3,(H,13,14)(H,15,16)(H,17,18). The van der Waals surface area contributed by atoms with Gasteiger partial charge in [-0.1, -0.05) is 0 Å². The molecule has 0 aliphatic rings. The molecule has 0 saturated heterocycles. The third-order valence-electron chi connectivity index (χ3n) is 2.01. The lowest BCUT2D eigenvalue weighted by molar-refractivity contribution is -0.176. The zero-order chi connectivity index (χ0) is 14.8. The summed E-state index contributed by atoms with van der Waals surface area (Å²) in [4.78, 5) is 37.9. The Morgan fingerprint density at radius 2 is 1.37 bits per heavy atom. The lowest BCUT2D eigenvalue weighted by Gasteiger charge is -2.23. The largest absolute Gasteiger partial charge is 0.480 e. The van der Waals surface area contributed by atoms with Crippen LogP contribution in [0.25, 0.3) is 0 Å². The highest BCUT2D eigenvalue weighted by molar-refractivity contribution is 5.72. The second kappa shape index (κ2) is 9.25. The summed E-state index contributed by atoms with van der Waals surface area (Å²) in [7, 11) is 0. The number of hydrogen-bond acceptors (Lipinski definition) is 6. The first-order chi connectivity index (χ1) is 8.85. The Morgan fingerprint density at radius 1 is 0.895 bits per heavy atom. The van der Waals surface area contributed by atoms with E-state index in [1.807, 2.05) is 0 Å². The number of hydrogen-bond donors (Lipinski definition) is 3. The van der Waals surface area contributed by atoms with Crippen LogP contribution in [-0.2, 0) is 19.2 Å². The minimum absolute atomic E-state index is 0.0753. The van der Waals surface area contributed by atoms with Crippen LogP contribution in [0.1, 0.15) is 6.92 Å². The first-order valence-electron chi connectivity index (χ1n) is 5.60. The lowest BCUT2D eigenvalue weighted by Crippen LogP contribution is -2.41. The van der Waals surface area contributed by atoms with Gasteiger partial charge in [-0.3, -0.25) is 24.1 Å². The van der Waals surface area contributed by atoms with E-state index >= 15 is 0 Å². The van der Waals surface area contributed by atoms with Gasteiger partial charge < -0.3 is 15.3 Å². The molecular formula is C10H18N2O7. The molecular weight excluding hydrogens is 260 g/mol. The van der Waals surface area contributed by atoms with Crippen LogP contribution in [-0.4, -0.2) is 82.5 Å². The first-order valence-corrected chi connectivity index (χ1v) is 5.60. The van der Waals surface area contributed by atoms with Gasteiger partial charge in [0.15, 0.2) is 0 Å². The van der Waals surface area contributed by atoms with E-state index in [1.54, 1.807) is 6.92 Å². The first kappa shape index (κ1) is 17.3. The van der Waals surface area contributed by atoms with Gasteiger partial charge in [-0.15, -0.1) is 0 Å². The number of carbonyl (C=O) groups is 3. The predicted octanol–water partition coefficient (Wildman–Crippen LogP) is -1.20. The fourth-order valence-corrected chi connectivity index (χ4v) is 1.37. The molecule has 0 rings (SSSR count). The molecule has 0 fully saturated rings. The van der Waals surface area contributed by atoms with Crippen LogP contribution in [0.4, 0.5) is 0 Å². The summed E-state index contributed by atoms with van der Waals surface area (Å²) in [5.74, 6) is -3.39. The van der Waals surface area contributed by atoms with Crippen molar-refractivity contribution in [3.05, 3.63) is 0 Å². The van der Waals surface area contributed by atoms with Gasteiger partial charge in [-0.25, -0.2) is 0 Å². The molecule has 19 heavy (non-hydrogen) atoms. The molecule has 0 aromatic carbocycles. The van der Waals surface area contributed by atoms with Crippen molar-refractivity contribution >= 4 is 17.9 Å². The summed E-state index contributed by atoms with van der Waals surface area (Å²) >= 11 is 0. The molecule has 3 N–H and O–H groups in total. The van der Waals surface area contributed by atoms with E-state index in [0.717, 1.165) is 5.06 Å². The van der Waals surface area contributed by atoms with Gasteiger partial charge in [0.2, 0.25) is 0 Å². The molecule has 9 heteroatoms. The molecule has 0 spiro atoms. The van der Waals surface area contributed by atoms with Crippen LogP contribution in [0.5, 0.6) is 0 Å². The van der Waals surface area contributed by atoms with Crippen molar-refractivity contribution in [2.75, 3.05) is 39.3 Å². The van der Waals surface area contributed by atoms with Crippen molar-refractivity contribution in [1.82, 2.24) is 9.96 Å². The van der Waals surface area contributed by atoms with Crippen molar-refractivity contribution in [3.8, 4) is 0 Å². The van der Waals surface area contributed by atoms with Crippen molar-refractivity contribution in [3.63, 3.8) is 0 Å². The minimum atomic E-state index is -1.15. The van der Waals surface area contributed by atoms with Crippen LogP contribution in [0, 0.1) is 0 Å². The third-order valence-corrected chi connectivity index (χ3v) is 2.01. The van der Waals surface area contributed by atoms with E-state index in [1.165, 1.54) is 4.90 Å². The number of hydroxylamine groups is 2.